The van der Waals surface area contributed by atoms with Gasteiger partial charge in [-0.15, -0.1) is 0 Å². The Kier molecular flexibility index (Phi) is 7.38. The number of ether oxygens (including phenoxy) is 1. The van der Waals surface area contributed by atoms with Gasteiger partial charge < -0.3 is 20.1 Å². The molecule has 1 fully saturated rings. The van der Waals surface area contributed by atoms with E-state index in [1.54, 1.807) is 17.0 Å². The number of benzene rings is 2. The van der Waals surface area contributed by atoms with Crippen molar-refractivity contribution < 1.29 is 28.2 Å². The standard InChI is InChI=1S/C21H21BrF2N2O4/c22-15-3-1-14(17(23)10-15)12-25-21(29)16-11-19(26-5-7-30-8-6-26)18(24)9-13(16)2-4-20(27)28/h1,3,9-11H,2,4-8,12H2,(H,25,29)(H,27,28). The van der Waals surface area contributed by atoms with Crippen molar-refractivity contribution in [2.75, 3.05) is 31.2 Å². The van der Waals surface area contributed by atoms with Gasteiger partial charge in [-0.3, -0.25) is 9.59 Å². The number of anilines is 1. The molecule has 1 amide bonds. The number of carbonyl (C=O) groups excluding carboxylic acids is 1. The van der Waals surface area contributed by atoms with E-state index in [0.29, 0.717) is 41.9 Å². The minimum Gasteiger partial charge on any atom is -0.481 e. The number of rotatable bonds is 7. The third-order valence-corrected chi connectivity index (χ3v) is 5.33. The number of nitrogens with zero attached hydrogens (tertiary/aromatic N) is 1. The maximum atomic E-state index is 14.7. The zero-order valence-electron chi connectivity index (χ0n) is 16.1. The van der Waals surface area contributed by atoms with Crippen molar-refractivity contribution in [3.05, 3.63) is 63.1 Å². The van der Waals surface area contributed by atoms with Crippen molar-refractivity contribution in [1.29, 1.82) is 0 Å². The summed E-state index contributed by atoms with van der Waals surface area (Å²) in [5, 5.41) is 11.6. The van der Waals surface area contributed by atoms with Crippen molar-refractivity contribution in [3.63, 3.8) is 0 Å². The molecule has 2 N–H and O–H groups in total. The smallest absolute Gasteiger partial charge is 0.303 e. The Bertz CT molecular complexity index is 949. The number of aryl methyl sites for hydroxylation is 1. The molecule has 160 valence electrons. The van der Waals surface area contributed by atoms with E-state index in [-0.39, 0.29) is 30.6 Å². The summed E-state index contributed by atoms with van der Waals surface area (Å²) in [5.74, 6) is -2.56. The highest BCUT2D eigenvalue weighted by Gasteiger charge is 2.21. The van der Waals surface area contributed by atoms with E-state index in [1.807, 2.05) is 0 Å². The molecule has 1 saturated heterocycles. The van der Waals surface area contributed by atoms with Crippen molar-refractivity contribution in [1.82, 2.24) is 5.32 Å². The first-order valence-corrected chi connectivity index (χ1v) is 10.2. The largest absolute Gasteiger partial charge is 0.481 e. The molecule has 0 unspecified atom stereocenters. The second-order valence-corrected chi connectivity index (χ2v) is 7.79. The second kappa shape index (κ2) is 9.99. The van der Waals surface area contributed by atoms with E-state index in [0.717, 1.165) is 0 Å². The van der Waals surface area contributed by atoms with E-state index in [2.05, 4.69) is 21.2 Å². The Labute approximate surface area is 181 Å². The number of carboxylic acids is 1. The van der Waals surface area contributed by atoms with E-state index in [4.69, 9.17) is 9.84 Å². The molecule has 9 heteroatoms. The van der Waals surface area contributed by atoms with Gasteiger partial charge in [0.15, 0.2) is 0 Å². The number of carboxylic acid groups (broad SMARTS) is 1. The molecule has 1 aliphatic rings. The lowest BCUT2D eigenvalue weighted by molar-refractivity contribution is -0.136. The van der Waals surface area contributed by atoms with Gasteiger partial charge in [0.2, 0.25) is 0 Å². The van der Waals surface area contributed by atoms with Crippen LogP contribution in [0.5, 0.6) is 0 Å². The molecule has 30 heavy (non-hydrogen) atoms. The van der Waals surface area contributed by atoms with Gasteiger partial charge in [-0.2, -0.15) is 0 Å². The minimum atomic E-state index is -1.05. The fraction of sp³-hybridized carbons (Fsp3) is 0.333. The van der Waals surface area contributed by atoms with E-state index >= 15 is 0 Å². The quantitative estimate of drug-likeness (QED) is 0.631. The van der Waals surface area contributed by atoms with E-state index < -0.39 is 23.5 Å². The lowest BCUT2D eigenvalue weighted by Gasteiger charge is -2.29. The van der Waals surface area contributed by atoms with Crippen LogP contribution in [-0.4, -0.2) is 43.3 Å². The third kappa shape index (κ3) is 5.54. The summed E-state index contributed by atoms with van der Waals surface area (Å²) < 4.78 is 34.6. The van der Waals surface area contributed by atoms with Crippen LogP contribution < -0.4 is 10.2 Å². The maximum absolute atomic E-state index is 14.7. The molecule has 0 spiro atoms. The van der Waals surface area contributed by atoms with Crippen LogP contribution in [0.25, 0.3) is 0 Å². The zero-order valence-corrected chi connectivity index (χ0v) is 17.7. The minimum absolute atomic E-state index is 0.00500. The summed E-state index contributed by atoms with van der Waals surface area (Å²) in [7, 11) is 0. The average Bonchev–Trinajstić information content (AvgIpc) is 2.72. The van der Waals surface area contributed by atoms with Crippen LogP contribution in [-0.2, 0) is 22.5 Å². The molecule has 0 bridgehead atoms. The van der Waals surface area contributed by atoms with Crippen LogP contribution in [0.15, 0.2) is 34.8 Å². The first-order valence-electron chi connectivity index (χ1n) is 9.44. The van der Waals surface area contributed by atoms with Crippen LogP contribution in [0.4, 0.5) is 14.5 Å². The van der Waals surface area contributed by atoms with E-state index in [9.17, 15) is 18.4 Å². The number of carbonyl (C=O) groups is 2. The van der Waals surface area contributed by atoms with Gasteiger partial charge in [-0.05, 0) is 36.2 Å². The molecular formula is C21H21BrF2N2O4. The SMILES string of the molecule is O=C(O)CCc1cc(F)c(N2CCOCC2)cc1C(=O)NCc1ccc(Br)cc1F. The van der Waals surface area contributed by atoms with Gasteiger partial charge in [-0.1, -0.05) is 22.0 Å². The van der Waals surface area contributed by atoms with E-state index in [1.165, 1.54) is 18.2 Å². The molecule has 0 aliphatic carbocycles. The average molecular weight is 483 g/mol. The summed E-state index contributed by atoms with van der Waals surface area (Å²) >= 11 is 3.18. The van der Waals surface area contributed by atoms with Crippen molar-refractivity contribution in [2.45, 2.75) is 19.4 Å². The lowest BCUT2D eigenvalue weighted by Crippen LogP contribution is -2.37. The number of hydrogen-bond donors (Lipinski definition) is 2. The normalized spacial score (nSPS) is 13.9. The monoisotopic (exact) mass is 482 g/mol. The van der Waals surface area contributed by atoms with Crippen LogP contribution >= 0.6 is 15.9 Å². The maximum Gasteiger partial charge on any atom is 0.303 e. The van der Waals surface area contributed by atoms with Gasteiger partial charge in [0, 0.05) is 41.7 Å². The predicted octanol–water partition coefficient (Wildman–Crippen LogP) is 3.51. The molecule has 6 nitrogen and oxygen atoms in total. The molecule has 1 heterocycles. The molecule has 3 rings (SSSR count). The summed E-state index contributed by atoms with van der Waals surface area (Å²) in [4.78, 5) is 25.6. The Morgan fingerprint density at radius 1 is 1.10 bits per heavy atom. The molecule has 0 atom stereocenters. The Balaban J connectivity index is 1.86. The van der Waals surface area contributed by atoms with Crippen LogP contribution in [0.1, 0.15) is 27.9 Å². The molecule has 2 aromatic rings. The first-order chi connectivity index (χ1) is 14.3. The summed E-state index contributed by atoms with van der Waals surface area (Å²) in [6, 6.07) is 7.16. The first kappa shape index (κ1) is 22.2. The summed E-state index contributed by atoms with van der Waals surface area (Å²) in [6.45, 7) is 1.81. The number of aliphatic carboxylic acids is 1. The van der Waals surface area contributed by atoms with Gasteiger partial charge in [-0.25, -0.2) is 8.78 Å². The highest BCUT2D eigenvalue weighted by molar-refractivity contribution is 9.10. The molecule has 2 aromatic carbocycles. The van der Waals surface area contributed by atoms with Gasteiger partial charge >= 0.3 is 5.97 Å². The van der Waals surface area contributed by atoms with Gasteiger partial charge in [0.05, 0.1) is 18.9 Å². The molecule has 1 aliphatic heterocycles. The third-order valence-electron chi connectivity index (χ3n) is 4.83. The zero-order chi connectivity index (χ0) is 21.7. The van der Waals surface area contributed by atoms with Crippen LogP contribution in [0.3, 0.4) is 0 Å². The number of amides is 1. The highest BCUT2D eigenvalue weighted by atomic mass is 79.9. The van der Waals surface area contributed by atoms with Crippen molar-refractivity contribution in [2.24, 2.45) is 0 Å². The van der Waals surface area contributed by atoms with Gasteiger partial charge in [0.1, 0.15) is 11.6 Å². The van der Waals surface area contributed by atoms with Gasteiger partial charge in [0.25, 0.3) is 5.91 Å². The molecule has 0 radical (unpaired) electrons. The van der Waals surface area contributed by atoms with Crippen molar-refractivity contribution >= 4 is 33.5 Å². The Morgan fingerprint density at radius 2 is 1.83 bits per heavy atom. The summed E-state index contributed by atoms with van der Waals surface area (Å²) in [6.07, 6.45) is -0.233. The fourth-order valence-electron chi connectivity index (χ4n) is 3.25. The number of morpholine rings is 1. The number of nitrogens with one attached hydrogen (secondary N) is 1. The van der Waals surface area contributed by atoms with Crippen LogP contribution in [0.2, 0.25) is 0 Å². The van der Waals surface area contributed by atoms with Crippen molar-refractivity contribution in [3.8, 4) is 0 Å². The molecule has 0 aromatic heterocycles. The lowest BCUT2D eigenvalue weighted by atomic mass is 10.00. The number of hydrogen-bond acceptors (Lipinski definition) is 4. The van der Waals surface area contributed by atoms with Crippen LogP contribution in [0, 0.1) is 11.6 Å². The fourth-order valence-corrected chi connectivity index (χ4v) is 3.58. The Morgan fingerprint density at radius 3 is 2.50 bits per heavy atom. The second-order valence-electron chi connectivity index (χ2n) is 6.87. The predicted molar refractivity (Wildman–Crippen MR) is 111 cm³/mol. The topological polar surface area (TPSA) is 78.9 Å². The highest BCUT2D eigenvalue weighted by Crippen LogP contribution is 2.26. The summed E-state index contributed by atoms with van der Waals surface area (Å²) in [5.41, 5.74) is 1.03. The molecule has 0 saturated carbocycles. The Hall–Kier alpha value is -2.52. The number of halogens is 3. The molecular weight excluding hydrogens is 462 g/mol.